The number of hydrazine groups is 1. The molecule has 1 aromatic rings. The van der Waals surface area contributed by atoms with Crippen molar-refractivity contribution in [2.24, 2.45) is 5.92 Å². The fourth-order valence-corrected chi connectivity index (χ4v) is 3.85. The lowest BCUT2D eigenvalue weighted by Gasteiger charge is -2.36. The van der Waals surface area contributed by atoms with Crippen LogP contribution < -0.4 is 20.3 Å². The summed E-state index contributed by atoms with van der Waals surface area (Å²) in [4.78, 5) is 17.2. The highest BCUT2D eigenvalue weighted by Crippen LogP contribution is 2.32. The molecule has 2 atom stereocenters. The highest BCUT2D eigenvalue weighted by Gasteiger charge is 2.35. The quantitative estimate of drug-likeness (QED) is 0.831. The summed E-state index contributed by atoms with van der Waals surface area (Å²) >= 11 is 0. The Balaban J connectivity index is 1.30. The van der Waals surface area contributed by atoms with E-state index in [9.17, 15) is 4.79 Å². The third-order valence-corrected chi connectivity index (χ3v) is 5.38. The van der Waals surface area contributed by atoms with Gasteiger partial charge in [0.25, 0.3) is 0 Å². The number of hydrogen-bond donors (Lipinski definition) is 2. The Labute approximate surface area is 148 Å². The Morgan fingerprint density at radius 1 is 1.20 bits per heavy atom. The molecule has 0 aliphatic carbocycles. The molecule has 4 rings (SSSR count). The van der Waals surface area contributed by atoms with Gasteiger partial charge in [0.2, 0.25) is 12.7 Å². The highest BCUT2D eigenvalue weighted by atomic mass is 16.7. The Morgan fingerprint density at radius 3 is 2.80 bits per heavy atom. The zero-order chi connectivity index (χ0) is 17.2. The van der Waals surface area contributed by atoms with E-state index in [4.69, 9.17) is 9.47 Å². The fraction of sp³-hybridized carbons (Fsp3) is 0.611. The van der Waals surface area contributed by atoms with Gasteiger partial charge < -0.3 is 14.4 Å². The fourth-order valence-electron chi connectivity index (χ4n) is 3.85. The van der Waals surface area contributed by atoms with E-state index in [2.05, 4.69) is 34.8 Å². The number of hydrogen-bond acceptors (Lipinski definition) is 6. The standard InChI is InChI=1S/C18H26N4O3/c1-2-15-14(10-19-20-15)18(23)22-7-5-21(6-8-22)11-13-3-4-16-17(9-13)25-12-24-16/h3-4,9,14-15,19-20H,2,5-8,10-12H2,1H3. The van der Waals surface area contributed by atoms with Crippen molar-refractivity contribution in [3.05, 3.63) is 23.8 Å². The largest absolute Gasteiger partial charge is 0.454 e. The average molecular weight is 346 g/mol. The second kappa shape index (κ2) is 7.19. The third kappa shape index (κ3) is 3.44. The number of ether oxygens (including phenoxy) is 2. The van der Waals surface area contributed by atoms with Gasteiger partial charge in [0.05, 0.1) is 5.92 Å². The lowest BCUT2D eigenvalue weighted by atomic mass is 9.98. The third-order valence-electron chi connectivity index (χ3n) is 5.38. The summed E-state index contributed by atoms with van der Waals surface area (Å²) in [6.07, 6.45) is 0.966. The Bertz CT molecular complexity index is 631. The number of benzene rings is 1. The van der Waals surface area contributed by atoms with Crippen molar-refractivity contribution in [2.75, 3.05) is 39.5 Å². The van der Waals surface area contributed by atoms with E-state index >= 15 is 0 Å². The molecule has 0 aromatic heterocycles. The number of carbonyl (C=O) groups excluding carboxylic acids is 1. The maximum absolute atomic E-state index is 12.8. The molecule has 1 amide bonds. The highest BCUT2D eigenvalue weighted by molar-refractivity contribution is 5.80. The van der Waals surface area contributed by atoms with Crippen LogP contribution in [0.3, 0.4) is 0 Å². The number of nitrogens with zero attached hydrogens (tertiary/aromatic N) is 2. The first-order valence-electron chi connectivity index (χ1n) is 9.12. The molecular formula is C18H26N4O3. The summed E-state index contributed by atoms with van der Waals surface area (Å²) in [6, 6.07) is 6.37. The number of amides is 1. The van der Waals surface area contributed by atoms with E-state index in [0.29, 0.717) is 6.79 Å². The monoisotopic (exact) mass is 346 g/mol. The molecule has 3 aliphatic heterocycles. The van der Waals surface area contributed by atoms with E-state index < -0.39 is 0 Å². The number of rotatable bonds is 4. The first kappa shape index (κ1) is 16.6. The van der Waals surface area contributed by atoms with Crippen LogP contribution in [0.5, 0.6) is 11.5 Å². The maximum atomic E-state index is 12.8. The van der Waals surface area contributed by atoms with Crippen LogP contribution in [0, 0.1) is 5.92 Å². The Kier molecular flexibility index (Phi) is 4.78. The van der Waals surface area contributed by atoms with E-state index in [1.165, 1.54) is 5.56 Å². The molecule has 25 heavy (non-hydrogen) atoms. The van der Waals surface area contributed by atoms with Gasteiger partial charge in [0, 0.05) is 45.3 Å². The molecule has 7 nitrogen and oxygen atoms in total. The zero-order valence-corrected chi connectivity index (χ0v) is 14.7. The van der Waals surface area contributed by atoms with Gasteiger partial charge in [-0.15, -0.1) is 0 Å². The van der Waals surface area contributed by atoms with Crippen LogP contribution in [0.4, 0.5) is 0 Å². The molecule has 0 spiro atoms. The summed E-state index contributed by atoms with van der Waals surface area (Å²) in [6.45, 7) is 7.46. The molecule has 3 aliphatic rings. The van der Waals surface area contributed by atoms with Gasteiger partial charge in [0.1, 0.15) is 0 Å². The minimum absolute atomic E-state index is 0.0606. The van der Waals surface area contributed by atoms with Gasteiger partial charge in [-0.1, -0.05) is 13.0 Å². The number of piperazine rings is 1. The molecule has 0 bridgehead atoms. The van der Waals surface area contributed by atoms with Gasteiger partial charge in [-0.25, -0.2) is 0 Å². The van der Waals surface area contributed by atoms with Gasteiger partial charge in [-0.3, -0.25) is 20.5 Å². The molecular weight excluding hydrogens is 320 g/mol. The topological polar surface area (TPSA) is 66.1 Å². The van der Waals surface area contributed by atoms with E-state index in [1.807, 2.05) is 11.0 Å². The predicted octanol–water partition coefficient (Wildman–Crippen LogP) is 0.562. The lowest BCUT2D eigenvalue weighted by molar-refractivity contribution is -0.137. The molecule has 2 fully saturated rings. The van der Waals surface area contributed by atoms with Crippen molar-refractivity contribution in [1.82, 2.24) is 20.7 Å². The molecule has 7 heteroatoms. The molecule has 0 saturated carbocycles. The van der Waals surface area contributed by atoms with Gasteiger partial charge in [0.15, 0.2) is 11.5 Å². The van der Waals surface area contributed by atoms with Gasteiger partial charge in [-0.2, -0.15) is 0 Å². The molecule has 2 unspecified atom stereocenters. The first-order chi connectivity index (χ1) is 12.2. The number of carbonyl (C=O) groups is 1. The van der Waals surface area contributed by atoms with Crippen LogP contribution in [-0.2, 0) is 11.3 Å². The van der Waals surface area contributed by atoms with Crippen LogP contribution in [0.1, 0.15) is 18.9 Å². The molecule has 2 N–H and O–H groups in total. The van der Waals surface area contributed by atoms with Crippen LogP contribution in [0.25, 0.3) is 0 Å². The predicted molar refractivity (Wildman–Crippen MR) is 93.1 cm³/mol. The molecule has 1 aromatic carbocycles. The van der Waals surface area contributed by atoms with Gasteiger partial charge >= 0.3 is 0 Å². The van der Waals surface area contributed by atoms with Crippen molar-refractivity contribution < 1.29 is 14.3 Å². The van der Waals surface area contributed by atoms with E-state index in [0.717, 1.165) is 57.2 Å². The van der Waals surface area contributed by atoms with Crippen molar-refractivity contribution in [3.8, 4) is 11.5 Å². The van der Waals surface area contributed by atoms with Crippen LogP contribution in [-0.4, -0.2) is 61.3 Å². The molecule has 3 heterocycles. The second-order valence-corrected chi connectivity index (χ2v) is 6.94. The van der Waals surface area contributed by atoms with Crippen molar-refractivity contribution in [3.63, 3.8) is 0 Å². The maximum Gasteiger partial charge on any atom is 0.231 e. The first-order valence-corrected chi connectivity index (χ1v) is 9.12. The number of fused-ring (bicyclic) bond motifs is 1. The van der Waals surface area contributed by atoms with Crippen LogP contribution >= 0.6 is 0 Å². The normalized spacial score (nSPS) is 26.2. The minimum atomic E-state index is 0.0606. The SMILES string of the molecule is CCC1NNCC1C(=O)N1CCN(Cc2ccc3c(c2)OCO3)CC1. The molecule has 2 saturated heterocycles. The summed E-state index contributed by atoms with van der Waals surface area (Å²) in [7, 11) is 0. The van der Waals surface area contributed by atoms with Gasteiger partial charge in [-0.05, 0) is 24.1 Å². The van der Waals surface area contributed by atoms with Crippen LogP contribution in [0.15, 0.2) is 18.2 Å². The van der Waals surface area contributed by atoms with Crippen molar-refractivity contribution >= 4 is 5.91 Å². The summed E-state index contributed by atoms with van der Waals surface area (Å²) in [5, 5.41) is 0. The second-order valence-electron chi connectivity index (χ2n) is 6.94. The zero-order valence-electron chi connectivity index (χ0n) is 14.7. The summed E-state index contributed by atoms with van der Waals surface area (Å²) < 4.78 is 10.8. The molecule has 0 radical (unpaired) electrons. The Hall–Kier alpha value is -1.83. The van der Waals surface area contributed by atoms with E-state index in [1.54, 1.807) is 0 Å². The smallest absolute Gasteiger partial charge is 0.231 e. The molecule has 136 valence electrons. The van der Waals surface area contributed by atoms with E-state index in [-0.39, 0.29) is 17.9 Å². The van der Waals surface area contributed by atoms with Crippen molar-refractivity contribution in [2.45, 2.75) is 25.9 Å². The lowest BCUT2D eigenvalue weighted by Crippen LogP contribution is -2.51. The summed E-state index contributed by atoms with van der Waals surface area (Å²) in [5.41, 5.74) is 7.56. The number of nitrogens with one attached hydrogen (secondary N) is 2. The Morgan fingerprint density at radius 2 is 2.00 bits per heavy atom. The van der Waals surface area contributed by atoms with Crippen LogP contribution in [0.2, 0.25) is 0 Å². The van der Waals surface area contributed by atoms with Crippen molar-refractivity contribution in [1.29, 1.82) is 0 Å². The minimum Gasteiger partial charge on any atom is -0.454 e. The summed E-state index contributed by atoms with van der Waals surface area (Å²) in [5.74, 6) is 2.00. The average Bonchev–Trinajstić information content (AvgIpc) is 3.30.